The number of nitrogens with zero attached hydrogens (tertiary/aromatic N) is 5. The predicted molar refractivity (Wildman–Crippen MR) is 75.3 cm³/mol. The molecule has 2 fully saturated rings. The van der Waals surface area contributed by atoms with Crippen molar-refractivity contribution in [2.24, 2.45) is 11.0 Å². The minimum atomic E-state index is -0.741. The molecule has 0 saturated carbocycles. The van der Waals surface area contributed by atoms with Gasteiger partial charge in [0.25, 0.3) is 5.96 Å². The zero-order valence-corrected chi connectivity index (χ0v) is 12.4. The van der Waals surface area contributed by atoms with E-state index in [4.69, 9.17) is 4.74 Å². The molecule has 0 aromatic carbocycles. The molecule has 1 atom stereocenters. The molecule has 0 spiro atoms. The maximum Gasteiger partial charge on any atom is 0.326 e. The smallest absolute Gasteiger partial charge is 0.326 e. The fourth-order valence-electron chi connectivity index (χ4n) is 2.62. The Bertz CT molecular complexity index is 433. The number of ether oxygens (including phenoxy) is 1. The first-order valence-corrected chi connectivity index (χ1v) is 7.03. The van der Waals surface area contributed by atoms with Crippen LogP contribution >= 0.6 is 0 Å². The summed E-state index contributed by atoms with van der Waals surface area (Å²) in [5.74, 6) is 0.466. The van der Waals surface area contributed by atoms with E-state index in [1.807, 2.05) is 4.90 Å². The molecule has 21 heavy (non-hydrogen) atoms. The summed E-state index contributed by atoms with van der Waals surface area (Å²) in [6, 6.07) is -0.289. The normalized spacial score (nSPS) is 24.5. The number of urea groups is 1. The second-order valence-corrected chi connectivity index (χ2v) is 5.50. The molecule has 118 valence electrons. The van der Waals surface area contributed by atoms with Crippen LogP contribution < -0.4 is 0 Å². The second kappa shape index (κ2) is 6.70. The maximum atomic E-state index is 12.2. The molecule has 9 nitrogen and oxygen atoms in total. The first kappa shape index (κ1) is 15.5. The topological polar surface area (TPSA) is 91.5 Å². The predicted octanol–water partition coefficient (Wildman–Crippen LogP) is 0.260. The number of hydrazone groups is 1. The summed E-state index contributed by atoms with van der Waals surface area (Å²) in [7, 11) is 3.24. The van der Waals surface area contributed by atoms with Crippen molar-refractivity contribution in [3.05, 3.63) is 10.1 Å². The van der Waals surface area contributed by atoms with Crippen molar-refractivity contribution in [3.8, 4) is 0 Å². The van der Waals surface area contributed by atoms with Gasteiger partial charge in [-0.15, -0.1) is 0 Å². The number of amides is 2. The highest BCUT2D eigenvalue weighted by Gasteiger charge is 2.34. The molecule has 0 aliphatic carbocycles. The van der Waals surface area contributed by atoms with Gasteiger partial charge in [0, 0.05) is 46.3 Å². The van der Waals surface area contributed by atoms with Crippen LogP contribution in [0.5, 0.6) is 0 Å². The van der Waals surface area contributed by atoms with Crippen molar-refractivity contribution in [2.45, 2.75) is 12.8 Å². The number of carbonyl (C=O) groups excluding carboxylic acids is 1. The van der Waals surface area contributed by atoms with Gasteiger partial charge in [0.1, 0.15) is 5.10 Å². The number of carbonyl (C=O) groups is 1. The van der Waals surface area contributed by atoms with Crippen LogP contribution in [0.3, 0.4) is 0 Å². The first-order valence-electron chi connectivity index (χ1n) is 7.03. The Morgan fingerprint density at radius 3 is 2.86 bits per heavy atom. The molecule has 1 unspecified atom stereocenters. The van der Waals surface area contributed by atoms with Crippen LogP contribution in [0.1, 0.15) is 12.8 Å². The fourth-order valence-corrected chi connectivity index (χ4v) is 2.62. The van der Waals surface area contributed by atoms with Gasteiger partial charge < -0.3 is 14.5 Å². The van der Waals surface area contributed by atoms with Gasteiger partial charge in [0.05, 0.1) is 6.61 Å². The molecular weight excluding hydrogens is 278 g/mol. The lowest BCUT2D eigenvalue weighted by Crippen LogP contribution is -2.56. The summed E-state index contributed by atoms with van der Waals surface area (Å²) in [5.41, 5.74) is 0. The molecule has 0 bridgehead atoms. The van der Waals surface area contributed by atoms with Crippen LogP contribution in [0.15, 0.2) is 5.10 Å². The first-order chi connectivity index (χ1) is 9.99. The molecular formula is C12H21N5O4. The van der Waals surface area contributed by atoms with Crippen molar-refractivity contribution in [1.29, 1.82) is 0 Å². The number of hydrogen-bond donors (Lipinski definition) is 0. The van der Waals surface area contributed by atoms with E-state index in [9.17, 15) is 14.9 Å². The lowest BCUT2D eigenvalue weighted by atomic mass is 10.1. The zero-order chi connectivity index (χ0) is 15.4. The van der Waals surface area contributed by atoms with E-state index in [-0.39, 0.29) is 12.0 Å². The van der Waals surface area contributed by atoms with Gasteiger partial charge >= 0.3 is 6.03 Å². The number of hydrogen-bond acceptors (Lipinski definition) is 4. The van der Waals surface area contributed by atoms with Crippen molar-refractivity contribution >= 4 is 12.0 Å². The summed E-state index contributed by atoms with van der Waals surface area (Å²) in [6.45, 7) is 3.12. The maximum absolute atomic E-state index is 12.2. The Hall–Kier alpha value is -1.90. The second-order valence-electron chi connectivity index (χ2n) is 5.50. The third-order valence-corrected chi connectivity index (χ3v) is 3.62. The van der Waals surface area contributed by atoms with Crippen LogP contribution in [-0.4, -0.2) is 78.7 Å². The SMILES string of the molecule is CN(C)C(=O)N1CCCN(CC2CCOC2)C1=N[N+](=O)[O-]. The Labute approximate surface area is 123 Å². The molecule has 2 amide bonds. The largest absolute Gasteiger partial charge is 0.381 e. The van der Waals surface area contributed by atoms with Gasteiger partial charge in [-0.2, -0.15) is 0 Å². The summed E-state index contributed by atoms with van der Waals surface area (Å²) in [4.78, 5) is 27.6. The lowest BCUT2D eigenvalue weighted by Gasteiger charge is -2.37. The fraction of sp³-hybridized carbons (Fsp3) is 0.833. The van der Waals surface area contributed by atoms with E-state index in [1.54, 1.807) is 14.1 Å². The van der Waals surface area contributed by atoms with Crippen LogP contribution in [0.4, 0.5) is 4.79 Å². The molecule has 2 saturated heterocycles. The van der Waals surface area contributed by atoms with Gasteiger partial charge in [-0.3, -0.25) is 4.90 Å². The summed E-state index contributed by atoms with van der Waals surface area (Å²) < 4.78 is 5.34. The van der Waals surface area contributed by atoms with E-state index in [0.717, 1.165) is 19.4 Å². The van der Waals surface area contributed by atoms with E-state index in [0.29, 0.717) is 32.2 Å². The molecule has 0 aromatic heterocycles. The Kier molecular flexibility index (Phi) is 4.94. The van der Waals surface area contributed by atoms with E-state index < -0.39 is 5.03 Å². The molecule has 2 aliphatic heterocycles. The van der Waals surface area contributed by atoms with Gasteiger partial charge in [0.15, 0.2) is 5.03 Å². The van der Waals surface area contributed by atoms with Crippen molar-refractivity contribution in [3.63, 3.8) is 0 Å². The molecule has 2 heterocycles. The van der Waals surface area contributed by atoms with Crippen molar-refractivity contribution in [1.82, 2.24) is 14.7 Å². The standard InChI is InChI=1S/C12H21N5O4/c1-14(2)12(18)16-6-3-5-15(11(16)13-17(19)20)8-10-4-7-21-9-10/h10H,3-9H2,1-2H3. The third kappa shape index (κ3) is 3.81. The van der Waals surface area contributed by atoms with Crippen LogP contribution in [-0.2, 0) is 4.74 Å². The minimum absolute atomic E-state index is 0.136. The number of rotatable bonds is 3. The molecule has 0 aromatic rings. The minimum Gasteiger partial charge on any atom is -0.381 e. The molecule has 9 heteroatoms. The average molecular weight is 299 g/mol. The van der Waals surface area contributed by atoms with Crippen molar-refractivity contribution in [2.75, 3.05) is 46.9 Å². The van der Waals surface area contributed by atoms with Crippen LogP contribution in [0, 0.1) is 16.0 Å². The zero-order valence-electron chi connectivity index (χ0n) is 12.4. The summed E-state index contributed by atoms with van der Waals surface area (Å²) >= 11 is 0. The van der Waals surface area contributed by atoms with E-state index in [1.165, 1.54) is 9.80 Å². The highest BCUT2D eigenvalue weighted by Crippen LogP contribution is 2.18. The lowest BCUT2D eigenvalue weighted by molar-refractivity contribution is -0.486. The van der Waals surface area contributed by atoms with Crippen LogP contribution in [0.25, 0.3) is 0 Å². The quantitative estimate of drug-likeness (QED) is 0.550. The van der Waals surface area contributed by atoms with Crippen molar-refractivity contribution < 1.29 is 14.6 Å². The van der Waals surface area contributed by atoms with Gasteiger partial charge in [-0.05, 0) is 12.8 Å². The third-order valence-electron chi connectivity index (χ3n) is 3.62. The Balaban J connectivity index is 2.17. The van der Waals surface area contributed by atoms with Crippen LogP contribution in [0.2, 0.25) is 0 Å². The van der Waals surface area contributed by atoms with Gasteiger partial charge in [-0.25, -0.2) is 14.9 Å². The Morgan fingerprint density at radius 1 is 1.52 bits per heavy atom. The molecule has 2 rings (SSSR count). The molecule has 0 radical (unpaired) electrons. The summed E-state index contributed by atoms with van der Waals surface area (Å²) in [5, 5.41) is 13.5. The number of nitro groups is 1. The molecule has 0 N–H and O–H groups in total. The highest BCUT2D eigenvalue weighted by atomic mass is 16.7. The average Bonchev–Trinajstić information content (AvgIpc) is 2.92. The number of guanidine groups is 1. The Morgan fingerprint density at radius 2 is 2.29 bits per heavy atom. The van der Waals surface area contributed by atoms with E-state index in [2.05, 4.69) is 5.10 Å². The molecule has 2 aliphatic rings. The van der Waals surface area contributed by atoms with E-state index >= 15 is 0 Å². The van der Waals surface area contributed by atoms with Gasteiger partial charge in [0.2, 0.25) is 0 Å². The monoisotopic (exact) mass is 299 g/mol. The van der Waals surface area contributed by atoms with Gasteiger partial charge in [-0.1, -0.05) is 0 Å². The highest BCUT2D eigenvalue weighted by molar-refractivity contribution is 5.96. The summed E-state index contributed by atoms with van der Waals surface area (Å²) in [6.07, 6.45) is 1.70.